The van der Waals surface area contributed by atoms with Gasteiger partial charge >= 0.3 is 0 Å². The van der Waals surface area contributed by atoms with E-state index in [4.69, 9.17) is 4.98 Å². The van der Waals surface area contributed by atoms with E-state index >= 15 is 0 Å². The Balaban J connectivity index is 1.92. The lowest BCUT2D eigenvalue weighted by Gasteiger charge is -2.04. The topological polar surface area (TPSA) is 38.7 Å². The summed E-state index contributed by atoms with van der Waals surface area (Å²) in [5.74, 6) is 0. The number of thiophene rings is 2. The Kier molecular flexibility index (Phi) is 2.92. The Morgan fingerprint density at radius 3 is 2.15 bits per heavy atom. The summed E-state index contributed by atoms with van der Waals surface area (Å²) < 4.78 is 2.40. The zero-order chi connectivity index (χ0) is 17.1. The van der Waals surface area contributed by atoms with Crippen molar-refractivity contribution in [1.82, 2.24) is 15.0 Å². The predicted molar refractivity (Wildman–Crippen MR) is 111 cm³/mol. The normalized spacial score (nSPS) is 11.8. The van der Waals surface area contributed by atoms with Crippen molar-refractivity contribution >= 4 is 63.4 Å². The molecular formula is C21H11N3S2. The third-order valence-corrected chi connectivity index (χ3v) is 6.86. The average molecular weight is 369 g/mol. The molecule has 0 unspecified atom stereocenters. The van der Waals surface area contributed by atoms with Crippen LogP contribution < -0.4 is 0 Å². The number of fused-ring (bicyclic) bond motifs is 7. The van der Waals surface area contributed by atoms with Crippen LogP contribution in [0.15, 0.2) is 67.0 Å². The molecule has 0 aliphatic heterocycles. The van der Waals surface area contributed by atoms with Gasteiger partial charge in [-0.1, -0.05) is 30.3 Å². The van der Waals surface area contributed by atoms with E-state index < -0.39 is 0 Å². The maximum absolute atomic E-state index is 5.11. The highest BCUT2D eigenvalue weighted by molar-refractivity contribution is 7.29. The smallest absolute Gasteiger partial charge is 0.126 e. The molecule has 3 nitrogen and oxygen atoms in total. The molecule has 0 N–H and O–H groups in total. The van der Waals surface area contributed by atoms with Crippen molar-refractivity contribution in [2.75, 3.05) is 0 Å². The SMILES string of the molecule is c1ccc(-c2nc3c4cccnc4sc3c3c2sc2ncccc23)cc1. The Hall–Kier alpha value is -2.89. The van der Waals surface area contributed by atoms with Crippen LogP contribution in [-0.4, -0.2) is 15.0 Å². The second-order valence-corrected chi connectivity index (χ2v) is 8.12. The number of hydrogen-bond donors (Lipinski definition) is 0. The van der Waals surface area contributed by atoms with E-state index in [-0.39, 0.29) is 0 Å². The van der Waals surface area contributed by atoms with Gasteiger partial charge in [-0.25, -0.2) is 15.0 Å². The fraction of sp³-hybridized carbons (Fsp3) is 0. The fourth-order valence-electron chi connectivity index (χ4n) is 3.48. The molecule has 6 aromatic rings. The van der Waals surface area contributed by atoms with Crippen LogP contribution >= 0.6 is 22.7 Å². The maximum atomic E-state index is 5.11. The molecule has 0 saturated carbocycles. The number of hydrogen-bond acceptors (Lipinski definition) is 5. The zero-order valence-corrected chi connectivity index (χ0v) is 15.1. The highest BCUT2D eigenvalue weighted by atomic mass is 32.1. The first-order chi connectivity index (χ1) is 12.9. The molecule has 0 fully saturated rings. The van der Waals surface area contributed by atoms with Crippen LogP contribution in [0.2, 0.25) is 0 Å². The van der Waals surface area contributed by atoms with Crippen LogP contribution in [0.5, 0.6) is 0 Å². The summed E-state index contributed by atoms with van der Waals surface area (Å²) in [4.78, 5) is 16.3. The second kappa shape index (κ2) is 5.30. The minimum absolute atomic E-state index is 1.03. The van der Waals surface area contributed by atoms with Crippen molar-refractivity contribution in [3.8, 4) is 11.3 Å². The molecule has 0 radical (unpaired) electrons. The van der Waals surface area contributed by atoms with Gasteiger partial charge in [0.15, 0.2) is 0 Å². The van der Waals surface area contributed by atoms with Crippen molar-refractivity contribution < 1.29 is 0 Å². The Bertz CT molecular complexity index is 1430. The average Bonchev–Trinajstić information content (AvgIpc) is 3.26. The standard InChI is InChI=1S/C21H11N3S2/c1-2-6-12(7-3-1)16-18-15(13-8-4-10-22-20(13)25-18)19-17(24-16)14-9-5-11-23-21(14)26-19/h1-11H. The number of rotatable bonds is 1. The van der Waals surface area contributed by atoms with Crippen LogP contribution in [0.1, 0.15) is 0 Å². The molecule has 1 aromatic carbocycles. The van der Waals surface area contributed by atoms with E-state index in [2.05, 4.69) is 46.4 Å². The van der Waals surface area contributed by atoms with Gasteiger partial charge in [-0.05, 0) is 24.3 Å². The summed E-state index contributed by atoms with van der Waals surface area (Å²) >= 11 is 3.44. The van der Waals surface area contributed by atoms with Gasteiger partial charge in [0.05, 0.1) is 20.6 Å². The molecule has 122 valence electrons. The monoisotopic (exact) mass is 369 g/mol. The minimum atomic E-state index is 1.03. The molecular weight excluding hydrogens is 358 g/mol. The maximum Gasteiger partial charge on any atom is 0.126 e. The Labute approximate surface area is 156 Å². The van der Waals surface area contributed by atoms with Gasteiger partial charge < -0.3 is 0 Å². The number of benzene rings is 1. The van der Waals surface area contributed by atoms with Crippen molar-refractivity contribution in [3.63, 3.8) is 0 Å². The largest absolute Gasteiger partial charge is 0.245 e. The fourth-order valence-corrected chi connectivity index (χ4v) is 5.85. The van der Waals surface area contributed by atoms with Gasteiger partial charge in [0, 0.05) is 34.1 Å². The van der Waals surface area contributed by atoms with Crippen LogP contribution in [0, 0.1) is 0 Å². The number of nitrogens with zero attached hydrogens (tertiary/aromatic N) is 3. The van der Waals surface area contributed by atoms with Gasteiger partial charge in [-0.2, -0.15) is 0 Å². The molecule has 5 heteroatoms. The molecule has 0 aliphatic rings. The van der Waals surface area contributed by atoms with Crippen molar-refractivity contribution in [3.05, 3.63) is 67.0 Å². The molecule has 5 aromatic heterocycles. The van der Waals surface area contributed by atoms with Crippen molar-refractivity contribution in [2.45, 2.75) is 0 Å². The third kappa shape index (κ3) is 1.90. The van der Waals surface area contributed by atoms with Gasteiger partial charge in [0.25, 0.3) is 0 Å². The third-order valence-electron chi connectivity index (χ3n) is 4.62. The molecule has 0 atom stereocenters. The van der Waals surface area contributed by atoms with E-state index in [1.807, 2.05) is 30.6 Å². The molecule has 26 heavy (non-hydrogen) atoms. The summed E-state index contributed by atoms with van der Waals surface area (Å²) in [6, 6.07) is 18.7. The van der Waals surface area contributed by atoms with Gasteiger partial charge in [-0.3, -0.25) is 0 Å². The molecule has 0 aliphatic carbocycles. The number of aromatic nitrogens is 3. The van der Waals surface area contributed by atoms with Gasteiger partial charge in [-0.15, -0.1) is 22.7 Å². The lowest BCUT2D eigenvalue weighted by Crippen LogP contribution is -1.85. The Morgan fingerprint density at radius 1 is 0.654 bits per heavy atom. The van der Waals surface area contributed by atoms with Gasteiger partial charge in [0.2, 0.25) is 0 Å². The van der Waals surface area contributed by atoms with E-state index in [1.165, 1.54) is 20.2 Å². The minimum Gasteiger partial charge on any atom is -0.245 e. The summed E-state index contributed by atoms with van der Waals surface area (Å²) in [7, 11) is 0. The van der Waals surface area contributed by atoms with Crippen LogP contribution in [0.25, 0.3) is 52.0 Å². The van der Waals surface area contributed by atoms with Crippen LogP contribution in [0.4, 0.5) is 0 Å². The van der Waals surface area contributed by atoms with Crippen molar-refractivity contribution in [1.29, 1.82) is 0 Å². The molecule has 0 saturated heterocycles. The quantitative estimate of drug-likeness (QED) is 0.343. The van der Waals surface area contributed by atoms with Crippen LogP contribution in [-0.2, 0) is 0 Å². The van der Waals surface area contributed by atoms with Crippen LogP contribution in [0.3, 0.4) is 0 Å². The highest BCUT2D eigenvalue weighted by Gasteiger charge is 2.19. The molecule has 0 spiro atoms. The van der Waals surface area contributed by atoms with Crippen molar-refractivity contribution in [2.24, 2.45) is 0 Å². The van der Waals surface area contributed by atoms with E-state index in [0.29, 0.717) is 0 Å². The first kappa shape index (κ1) is 14.3. The zero-order valence-electron chi connectivity index (χ0n) is 13.5. The van der Waals surface area contributed by atoms with E-state index in [9.17, 15) is 0 Å². The molecule has 0 amide bonds. The highest BCUT2D eigenvalue weighted by Crippen LogP contribution is 2.45. The summed E-state index contributed by atoms with van der Waals surface area (Å²) in [6.45, 7) is 0. The Morgan fingerprint density at radius 2 is 1.35 bits per heavy atom. The lowest BCUT2D eigenvalue weighted by atomic mass is 10.1. The molecule has 6 rings (SSSR count). The lowest BCUT2D eigenvalue weighted by molar-refractivity contribution is 1.43. The number of pyridine rings is 3. The molecule has 0 bridgehead atoms. The van der Waals surface area contributed by atoms with Gasteiger partial charge in [0.1, 0.15) is 9.66 Å². The summed E-state index contributed by atoms with van der Waals surface area (Å²) in [5, 5.41) is 3.57. The summed E-state index contributed by atoms with van der Waals surface area (Å²) in [6.07, 6.45) is 3.71. The molecule has 5 heterocycles. The first-order valence-corrected chi connectivity index (χ1v) is 9.93. The van der Waals surface area contributed by atoms with E-state index in [0.717, 1.165) is 31.8 Å². The second-order valence-electron chi connectivity index (χ2n) is 6.12. The predicted octanol–water partition coefficient (Wildman–Crippen LogP) is 6.27. The first-order valence-electron chi connectivity index (χ1n) is 8.30. The van der Waals surface area contributed by atoms with E-state index in [1.54, 1.807) is 22.7 Å². The summed E-state index contributed by atoms with van der Waals surface area (Å²) in [5.41, 5.74) is 3.20.